The molecule has 0 aliphatic heterocycles. The zero-order valence-corrected chi connectivity index (χ0v) is 17.9. The molecule has 2 aromatic heterocycles. The maximum absolute atomic E-state index is 12.0. The maximum Gasteiger partial charge on any atom is 0.225 e. The Bertz CT molecular complexity index is 1020. The summed E-state index contributed by atoms with van der Waals surface area (Å²) in [4.78, 5) is 18.6. The molecule has 3 aromatic rings. The van der Waals surface area contributed by atoms with Crippen molar-refractivity contribution in [2.75, 3.05) is 25.5 Å². The summed E-state index contributed by atoms with van der Waals surface area (Å²) in [6, 6.07) is 9.60. The van der Waals surface area contributed by atoms with Crippen LogP contribution < -0.4 is 5.32 Å². The summed E-state index contributed by atoms with van der Waals surface area (Å²) in [5.41, 5.74) is 2.38. The van der Waals surface area contributed by atoms with Gasteiger partial charge in [-0.15, -0.1) is 0 Å². The second kappa shape index (κ2) is 8.09. The topological polar surface area (TPSA) is 62.5 Å². The summed E-state index contributed by atoms with van der Waals surface area (Å²) in [6.07, 6.45) is 4.65. The molecule has 0 bridgehead atoms. The molecule has 1 saturated carbocycles. The highest BCUT2D eigenvalue weighted by atomic mass is 79.9. The van der Waals surface area contributed by atoms with Gasteiger partial charge in [-0.25, -0.2) is 4.98 Å². The van der Waals surface area contributed by atoms with E-state index >= 15 is 0 Å². The lowest BCUT2D eigenvalue weighted by molar-refractivity contribution is -0.131. The number of hydrogen-bond acceptors (Lipinski definition) is 4. The Morgan fingerprint density at radius 3 is 2.93 bits per heavy atom. The van der Waals surface area contributed by atoms with Gasteiger partial charge in [0.25, 0.3) is 0 Å². The van der Waals surface area contributed by atoms with Gasteiger partial charge in [-0.1, -0.05) is 29.8 Å². The molecule has 1 amide bonds. The summed E-state index contributed by atoms with van der Waals surface area (Å²) in [5.74, 6) is 1.36. The minimum absolute atomic E-state index is 0.261. The lowest BCUT2D eigenvalue weighted by atomic mass is 10.1. The second-order valence-electron chi connectivity index (χ2n) is 7.05. The highest BCUT2D eigenvalue weighted by molar-refractivity contribution is 9.10. The number of anilines is 1. The molecule has 6 nitrogen and oxygen atoms in total. The van der Waals surface area contributed by atoms with Crippen LogP contribution in [0.15, 0.2) is 41.0 Å². The van der Waals surface area contributed by atoms with Gasteiger partial charge in [0.2, 0.25) is 5.91 Å². The van der Waals surface area contributed by atoms with Gasteiger partial charge in [-0.3, -0.25) is 4.79 Å². The first-order valence-corrected chi connectivity index (χ1v) is 10.5. The number of halogens is 2. The summed E-state index contributed by atoms with van der Waals surface area (Å²) in [7, 11) is 1.88. The van der Waals surface area contributed by atoms with Gasteiger partial charge in [-0.05, 0) is 41.3 Å². The predicted octanol–water partition coefficient (Wildman–Crippen LogP) is 4.48. The van der Waals surface area contributed by atoms with Crippen molar-refractivity contribution in [2.45, 2.75) is 19.3 Å². The van der Waals surface area contributed by atoms with Crippen molar-refractivity contribution in [2.24, 2.45) is 5.92 Å². The van der Waals surface area contributed by atoms with Crippen LogP contribution in [-0.2, 0) is 4.79 Å². The van der Waals surface area contributed by atoms with Gasteiger partial charge >= 0.3 is 0 Å². The lowest BCUT2D eigenvalue weighted by Crippen LogP contribution is -2.30. The van der Waals surface area contributed by atoms with Crippen LogP contribution in [0.5, 0.6) is 0 Å². The number of hydrogen-bond donors (Lipinski definition) is 1. The number of fused-ring (bicyclic) bond motifs is 1. The van der Waals surface area contributed by atoms with E-state index in [9.17, 15) is 4.79 Å². The molecule has 1 N–H and O–H groups in total. The van der Waals surface area contributed by atoms with Crippen LogP contribution in [0.3, 0.4) is 0 Å². The van der Waals surface area contributed by atoms with Crippen LogP contribution in [0.1, 0.15) is 19.3 Å². The third-order valence-corrected chi connectivity index (χ3v) is 5.75. The van der Waals surface area contributed by atoms with Gasteiger partial charge in [0.05, 0.1) is 16.4 Å². The molecule has 0 unspecified atom stereocenters. The Morgan fingerprint density at radius 1 is 1.39 bits per heavy atom. The average Bonchev–Trinajstić information content (AvgIpc) is 3.48. The van der Waals surface area contributed by atoms with Gasteiger partial charge in [0.15, 0.2) is 5.65 Å². The van der Waals surface area contributed by atoms with E-state index in [1.165, 1.54) is 0 Å². The van der Waals surface area contributed by atoms with Crippen molar-refractivity contribution in [3.63, 3.8) is 0 Å². The first-order valence-electron chi connectivity index (χ1n) is 9.32. The number of benzene rings is 1. The van der Waals surface area contributed by atoms with Crippen LogP contribution in [-0.4, -0.2) is 45.5 Å². The Labute approximate surface area is 177 Å². The van der Waals surface area contributed by atoms with Gasteiger partial charge in [0.1, 0.15) is 5.82 Å². The fourth-order valence-electron chi connectivity index (χ4n) is 3.15. The first-order chi connectivity index (χ1) is 13.5. The summed E-state index contributed by atoms with van der Waals surface area (Å²) >= 11 is 9.88. The molecule has 8 heteroatoms. The van der Waals surface area contributed by atoms with Gasteiger partial charge in [-0.2, -0.15) is 9.61 Å². The molecule has 1 fully saturated rings. The number of amides is 1. The Kier molecular flexibility index (Phi) is 5.55. The number of aromatic nitrogens is 3. The quantitative estimate of drug-likeness (QED) is 0.526. The maximum atomic E-state index is 12.0. The van der Waals surface area contributed by atoms with Gasteiger partial charge in [0, 0.05) is 42.7 Å². The number of nitrogens with one attached hydrogen (secondary N) is 1. The molecule has 0 atom stereocenters. The first kappa shape index (κ1) is 19.2. The lowest BCUT2D eigenvalue weighted by Gasteiger charge is -2.17. The minimum Gasteiger partial charge on any atom is -0.370 e. The van der Waals surface area contributed by atoms with E-state index in [-0.39, 0.29) is 11.8 Å². The van der Waals surface area contributed by atoms with Crippen LogP contribution in [0.2, 0.25) is 5.02 Å². The Balaban J connectivity index is 1.51. The van der Waals surface area contributed by atoms with E-state index in [1.807, 2.05) is 42.3 Å². The van der Waals surface area contributed by atoms with Crippen molar-refractivity contribution in [3.8, 4) is 11.3 Å². The minimum atomic E-state index is 0.261. The SMILES string of the molecule is CN(CCCNc1cc(-c2ccccc2Cl)nc2c(Br)cnn12)C(=O)C1CC1. The second-order valence-corrected chi connectivity index (χ2v) is 8.31. The summed E-state index contributed by atoms with van der Waals surface area (Å²) in [6.45, 7) is 1.46. The van der Waals surface area contributed by atoms with Crippen molar-refractivity contribution in [1.82, 2.24) is 19.5 Å². The van der Waals surface area contributed by atoms with Crippen LogP contribution >= 0.6 is 27.5 Å². The van der Waals surface area contributed by atoms with Crippen LogP contribution in [0, 0.1) is 5.92 Å². The molecule has 146 valence electrons. The molecule has 1 aromatic carbocycles. The van der Waals surface area contributed by atoms with Crippen molar-refractivity contribution < 1.29 is 4.79 Å². The van der Waals surface area contributed by atoms with E-state index in [4.69, 9.17) is 16.6 Å². The molecule has 2 heterocycles. The molecular weight excluding hydrogens is 442 g/mol. The molecule has 1 aliphatic rings. The van der Waals surface area contributed by atoms with Crippen molar-refractivity contribution in [1.29, 1.82) is 0 Å². The molecule has 4 rings (SSSR count). The third-order valence-electron chi connectivity index (χ3n) is 4.86. The predicted molar refractivity (Wildman–Crippen MR) is 115 cm³/mol. The third kappa shape index (κ3) is 4.00. The largest absolute Gasteiger partial charge is 0.370 e. The van der Waals surface area contributed by atoms with Crippen molar-refractivity contribution in [3.05, 3.63) is 46.0 Å². The van der Waals surface area contributed by atoms with Gasteiger partial charge < -0.3 is 10.2 Å². The van der Waals surface area contributed by atoms with Crippen LogP contribution in [0.25, 0.3) is 16.9 Å². The molecule has 0 spiro atoms. The fraction of sp³-hybridized carbons (Fsp3) is 0.350. The monoisotopic (exact) mass is 461 g/mol. The molecule has 0 radical (unpaired) electrons. The number of carbonyl (C=O) groups is 1. The summed E-state index contributed by atoms with van der Waals surface area (Å²) in [5, 5.41) is 8.48. The molecule has 1 aliphatic carbocycles. The molecular formula is C20H21BrClN5O. The Morgan fingerprint density at radius 2 is 2.18 bits per heavy atom. The molecule has 28 heavy (non-hydrogen) atoms. The van der Waals surface area contributed by atoms with Crippen LogP contribution in [0.4, 0.5) is 5.82 Å². The number of nitrogens with zero attached hydrogens (tertiary/aromatic N) is 4. The summed E-state index contributed by atoms with van der Waals surface area (Å²) < 4.78 is 2.59. The van der Waals surface area contributed by atoms with Crippen molar-refractivity contribution >= 4 is 44.9 Å². The highest BCUT2D eigenvalue weighted by Crippen LogP contribution is 2.31. The van der Waals surface area contributed by atoms with E-state index in [0.29, 0.717) is 5.02 Å². The highest BCUT2D eigenvalue weighted by Gasteiger charge is 2.31. The Hall–Kier alpha value is -2.12. The van der Waals surface area contributed by atoms with E-state index < -0.39 is 0 Å². The normalized spacial score (nSPS) is 13.7. The average molecular weight is 463 g/mol. The van der Waals surface area contributed by atoms with E-state index in [1.54, 1.807) is 10.7 Å². The van der Waals surface area contributed by atoms with E-state index in [2.05, 4.69) is 26.3 Å². The van der Waals surface area contributed by atoms with E-state index in [0.717, 1.165) is 59.5 Å². The zero-order valence-electron chi connectivity index (χ0n) is 15.5. The fourth-order valence-corrected chi connectivity index (χ4v) is 3.73. The zero-order chi connectivity index (χ0) is 19.7. The number of rotatable bonds is 7. The molecule has 0 saturated heterocycles. The number of carbonyl (C=O) groups excluding carboxylic acids is 1. The smallest absolute Gasteiger partial charge is 0.225 e. The standard InChI is InChI=1S/C20H21BrClN5O/c1-26(20(28)13-7-8-13)10-4-9-23-18-11-17(14-5-2-3-6-16(14)22)25-19-15(21)12-24-27(18)19/h2-3,5-6,11-13,23H,4,7-10H2,1H3.